The van der Waals surface area contributed by atoms with Gasteiger partial charge in [0.1, 0.15) is 11.9 Å². The molecule has 0 bridgehead atoms. The summed E-state index contributed by atoms with van der Waals surface area (Å²) in [6.45, 7) is 10.5. The predicted molar refractivity (Wildman–Crippen MR) is 100 cm³/mol. The van der Waals surface area contributed by atoms with Crippen LogP contribution in [0.1, 0.15) is 24.4 Å². The molecule has 2 aromatic carbocycles. The van der Waals surface area contributed by atoms with Crippen molar-refractivity contribution in [2.45, 2.75) is 26.0 Å². The van der Waals surface area contributed by atoms with Crippen molar-refractivity contribution < 1.29 is 13.9 Å². The molecule has 0 radical (unpaired) electrons. The van der Waals surface area contributed by atoms with Crippen LogP contribution < -0.4 is 5.32 Å². The molecule has 3 rings (SSSR count). The van der Waals surface area contributed by atoms with E-state index >= 15 is 0 Å². The Kier molecular flexibility index (Phi) is 5.40. The number of nitrogens with zero attached hydrogens (tertiary/aromatic N) is 3. The van der Waals surface area contributed by atoms with Crippen LogP contribution in [0.2, 0.25) is 5.02 Å². The Morgan fingerprint density at radius 3 is 2.74 bits per heavy atom. The minimum Gasteiger partial charge on any atom is -0.418 e. The van der Waals surface area contributed by atoms with Gasteiger partial charge in [-0.2, -0.15) is 0 Å². The molecule has 0 saturated heterocycles. The fraction of sp³-hybridized carbons (Fsp3) is 0.211. The van der Waals surface area contributed by atoms with Crippen LogP contribution in [-0.2, 0) is 0 Å². The maximum Gasteiger partial charge on any atom is 0.247 e. The van der Waals surface area contributed by atoms with E-state index < -0.39 is 18.0 Å². The van der Waals surface area contributed by atoms with Crippen LogP contribution in [0.15, 0.2) is 40.8 Å². The molecule has 0 amide bonds. The van der Waals surface area contributed by atoms with Crippen LogP contribution in [0.25, 0.3) is 16.3 Å². The lowest BCUT2D eigenvalue weighted by molar-refractivity contribution is 0.159. The van der Waals surface area contributed by atoms with Crippen molar-refractivity contribution >= 4 is 23.0 Å². The third-order valence-corrected chi connectivity index (χ3v) is 4.54. The molecule has 138 valence electrons. The Morgan fingerprint density at radius 2 is 2.07 bits per heavy atom. The predicted octanol–water partition coefficient (Wildman–Crippen LogP) is 4.92. The monoisotopic (exact) mass is 386 g/mol. The minimum atomic E-state index is -0.871. The highest BCUT2D eigenvalue weighted by molar-refractivity contribution is 6.34. The Hall–Kier alpha value is -2.95. The van der Waals surface area contributed by atoms with Crippen LogP contribution in [0.5, 0.6) is 0 Å². The number of aromatic nitrogens is 2. The van der Waals surface area contributed by atoms with Gasteiger partial charge < -0.3 is 14.8 Å². The van der Waals surface area contributed by atoms with E-state index in [0.29, 0.717) is 27.5 Å². The van der Waals surface area contributed by atoms with Crippen LogP contribution in [0, 0.1) is 19.3 Å². The normalized spacial score (nSPS) is 13.0. The van der Waals surface area contributed by atoms with Crippen molar-refractivity contribution in [2.75, 3.05) is 5.32 Å². The molecular formula is C19H16ClFN4O2. The summed E-state index contributed by atoms with van der Waals surface area (Å²) in [6.07, 6.45) is -0.871. The maximum atomic E-state index is 13.4. The number of rotatable bonds is 5. The fourth-order valence-electron chi connectivity index (χ4n) is 2.57. The number of benzene rings is 2. The highest BCUT2D eigenvalue weighted by atomic mass is 35.5. The summed E-state index contributed by atoms with van der Waals surface area (Å²) in [7, 11) is 0. The van der Waals surface area contributed by atoms with Crippen LogP contribution in [0.4, 0.5) is 15.8 Å². The molecular weight excluding hydrogens is 371 g/mol. The quantitative estimate of drug-likeness (QED) is 0.608. The first-order valence-electron chi connectivity index (χ1n) is 8.11. The van der Waals surface area contributed by atoms with E-state index in [1.54, 1.807) is 38.1 Å². The lowest BCUT2D eigenvalue weighted by Gasteiger charge is -2.21. The summed E-state index contributed by atoms with van der Waals surface area (Å²) < 4.78 is 19.0. The highest BCUT2D eigenvalue weighted by Crippen LogP contribution is 2.35. The van der Waals surface area contributed by atoms with E-state index in [9.17, 15) is 9.50 Å². The fourth-order valence-corrected chi connectivity index (χ4v) is 2.78. The number of hydrogen-bond acceptors (Lipinski definition) is 5. The Morgan fingerprint density at radius 1 is 1.30 bits per heavy atom. The van der Waals surface area contributed by atoms with Crippen molar-refractivity contribution in [1.29, 1.82) is 0 Å². The third-order valence-electron chi connectivity index (χ3n) is 4.06. The Labute approximate surface area is 160 Å². The molecule has 0 unspecified atom stereocenters. The molecule has 0 spiro atoms. The standard InChI is InChI=1S/C19H16ClFN4O2/c1-10-14(7-8-15(22-3)16(10)20)23-17(11(2)26)19-25-24-18(27-19)12-5-4-6-13(21)9-12/h4-9,11,17,23,26H,1-2H3/t11-,17+/m0/s1. The number of aliphatic hydroxyl groups excluding tert-OH is 1. The molecule has 1 aromatic heterocycles. The SMILES string of the molecule is [C-]#[N+]c1ccc(N[C@@H](c2nnc(-c3cccc(F)c3)o2)[C@H](C)O)c(C)c1Cl. The molecule has 1 heterocycles. The molecule has 0 aliphatic heterocycles. The van der Waals surface area contributed by atoms with Gasteiger partial charge in [0.05, 0.1) is 17.7 Å². The molecule has 0 aliphatic carbocycles. The average Bonchev–Trinajstić information content (AvgIpc) is 3.12. The highest BCUT2D eigenvalue weighted by Gasteiger charge is 2.25. The van der Waals surface area contributed by atoms with E-state index in [1.165, 1.54) is 12.1 Å². The zero-order chi connectivity index (χ0) is 19.6. The molecule has 3 aromatic rings. The second-order valence-corrected chi connectivity index (χ2v) is 6.38. The topological polar surface area (TPSA) is 75.5 Å². The van der Waals surface area contributed by atoms with Crippen molar-refractivity contribution in [3.63, 3.8) is 0 Å². The maximum absolute atomic E-state index is 13.4. The van der Waals surface area contributed by atoms with Gasteiger partial charge in [0.15, 0.2) is 0 Å². The van der Waals surface area contributed by atoms with Crippen molar-refractivity contribution in [1.82, 2.24) is 10.2 Å². The van der Waals surface area contributed by atoms with Gasteiger partial charge in [0.25, 0.3) is 0 Å². The second-order valence-electron chi connectivity index (χ2n) is 6.00. The van der Waals surface area contributed by atoms with E-state index in [0.717, 1.165) is 0 Å². The van der Waals surface area contributed by atoms with Crippen molar-refractivity contribution in [3.8, 4) is 11.5 Å². The van der Waals surface area contributed by atoms with E-state index in [1.807, 2.05) is 0 Å². The first kappa shape index (κ1) is 18.8. The van der Waals surface area contributed by atoms with Gasteiger partial charge in [0.2, 0.25) is 17.5 Å². The summed E-state index contributed by atoms with van der Waals surface area (Å²) >= 11 is 6.20. The molecule has 6 nitrogen and oxygen atoms in total. The van der Waals surface area contributed by atoms with Gasteiger partial charge in [0, 0.05) is 11.3 Å². The number of hydrogen-bond donors (Lipinski definition) is 2. The summed E-state index contributed by atoms with van der Waals surface area (Å²) in [5.41, 5.74) is 2.09. The minimum absolute atomic E-state index is 0.147. The molecule has 2 atom stereocenters. The lowest BCUT2D eigenvalue weighted by Crippen LogP contribution is -2.23. The second kappa shape index (κ2) is 7.74. The summed E-state index contributed by atoms with van der Waals surface area (Å²) in [5, 5.41) is 21.6. The van der Waals surface area contributed by atoms with E-state index in [4.69, 9.17) is 22.6 Å². The third kappa shape index (κ3) is 3.92. The van der Waals surface area contributed by atoms with Crippen LogP contribution in [-0.4, -0.2) is 21.4 Å². The number of halogens is 2. The molecule has 0 saturated carbocycles. The number of nitrogens with one attached hydrogen (secondary N) is 1. The molecule has 8 heteroatoms. The molecule has 0 aliphatic rings. The molecule has 0 fully saturated rings. The first-order valence-corrected chi connectivity index (χ1v) is 8.49. The van der Waals surface area contributed by atoms with Crippen LogP contribution in [0.3, 0.4) is 0 Å². The van der Waals surface area contributed by atoms with Gasteiger partial charge in [-0.1, -0.05) is 23.7 Å². The number of aliphatic hydroxyl groups is 1. The van der Waals surface area contributed by atoms with Gasteiger partial charge in [-0.15, -0.1) is 10.2 Å². The smallest absolute Gasteiger partial charge is 0.247 e. The summed E-state index contributed by atoms with van der Waals surface area (Å²) in [5.74, 6) is -0.119. The number of anilines is 1. The summed E-state index contributed by atoms with van der Waals surface area (Å²) in [4.78, 5) is 3.36. The average molecular weight is 387 g/mol. The summed E-state index contributed by atoms with van der Waals surface area (Å²) in [6, 6.07) is 8.38. The van der Waals surface area contributed by atoms with Crippen LogP contribution >= 0.6 is 11.6 Å². The van der Waals surface area contributed by atoms with Gasteiger partial charge >= 0.3 is 0 Å². The first-order chi connectivity index (χ1) is 12.9. The Bertz CT molecular complexity index is 1010. The molecule has 27 heavy (non-hydrogen) atoms. The van der Waals surface area contributed by atoms with Gasteiger partial charge in [-0.3, -0.25) is 0 Å². The van der Waals surface area contributed by atoms with E-state index in [-0.39, 0.29) is 11.8 Å². The van der Waals surface area contributed by atoms with Gasteiger partial charge in [-0.05, 0) is 43.7 Å². The zero-order valence-electron chi connectivity index (χ0n) is 14.6. The largest absolute Gasteiger partial charge is 0.418 e. The van der Waals surface area contributed by atoms with E-state index in [2.05, 4.69) is 20.4 Å². The zero-order valence-corrected chi connectivity index (χ0v) is 15.3. The van der Waals surface area contributed by atoms with Gasteiger partial charge in [-0.25, -0.2) is 9.24 Å². The van der Waals surface area contributed by atoms with Crippen molar-refractivity contribution in [3.05, 3.63) is 70.1 Å². The lowest BCUT2D eigenvalue weighted by atomic mass is 10.1. The Balaban J connectivity index is 1.92. The molecule has 2 N–H and O–H groups in total. The van der Waals surface area contributed by atoms with Crippen molar-refractivity contribution in [2.24, 2.45) is 0 Å².